The van der Waals surface area contributed by atoms with Crippen molar-refractivity contribution in [1.29, 1.82) is 0 Å². The number of nitrogens with zero attached hydrogens (tertiary/aromatic N) is 2. The van der Waals surface area contributed by atoms with Gasteiger partial charge in [-0.05, 0) is 24.6 Å². The van der Waals surface area contributed by atoms with E-state index in [4.69, 9.17) is 46.3 Å². The van der Waals surface area contributed by atoms with Crippen LogP contribution in [0.1, 0.15) is 23.0 Å². The van der Waals surface area contributed by atoms with Crippen molar-refractivity contribution in [3.05, 3.63) is 50.7 Å². The van der Waals surface area contributed by atoms with Crippen molar-refractivity contribution in [2.24, 2.45) is 5.10 Å². The Labute approximate surface area is 147 Å². The van der Waals surface area contributed by atoms with E-state index in [1.165, 1.54) is 0 Å². The van der Waals surface area contributed by atoms with Crippen LogP contribution < -0.4 is 16.9 Å². The summed E-state index contributed by atoms with van der Waals surface area (Å²) in [5, 5.41) is 3.77. The van der Waals surface area contributed by atoms with Gasteiger partial charge in [-0.3, -0.25) is 4.79 Å². The molecule has 0 aliphatic rings. The van der Waals surface area contributed by atoms with Crippen molar-refractivity contribution in [1.82, 2.24) is 10.4 Å². The Morgan fingerprint density at radius 3 is 2.57 bits per heavy atom. The number of benzene rings is 1. The van der Waals surface area contributed by atoms with Gasteiger partial charge in [-0.1, -0.05) is 46.9 Å². The molecule has 1 amide bonds. The molecule has 5 N–H and O–H groups in total. The molecule has 0 fully saturated rings. The number of halogens is 3. The van der Waals surface area contributed by atoms with Crippen LogP contribution in [0.2, 0.25) is 15.2 Å². The lowest BCUT2D eigenvalue weighted by Crippen LogP contribution is -2.21. The highest BCUT2D eigenvalue weighted by atomic mass is 35.5. The van der Waals surface area contributed by atoms with Gasteiger partial charge in [0, 0.05) is 5.69 Å². The lowest BCUT2D eigenvalue weighted by molar-refractivity contribution is 0.0950. The Balaban J connectivity index is 2.25. The van der Waals surface area contributed by atoms with Gasteiger partial charge in [0.25, 0.3) is 5.91 Å². The van der Waals surface area contributed by atoms with Crippen molar-refractivity contribution < 1.29 is 4.79 Å². The number of hydrazone groups is 1. The van der Waals surface area contributed by atoms with Gasteiger partial charge in [0.15, 0.2) is 10.8 Å². The fourth-order valence-corrected chi connectivity index (χ4v) is 2.29. The minimum absolute atomic E-state index is 0.00680. The molecule has 0 radical (unpaired) electrons. The Bertz CT molecular complexity index is 807. The predicted molar refractivity (Wildman–Crippen MR) is 94.2 cm³/mol. The quantitative estimate of drug-likeness (QED) is 0.332. The topological polar surface area (TPSA) is 106 Å². The summed E-state index contributed by atoms with van der Waals surface area (Å²) >= 11 is 17.6. The smallest absolute Gasteiger partial charge is 0.291 e. The van der Waals surface area contributed by atoms with Gasteiger partial charge in [-0.25, -0.2) is 10.4 Å². The molecule has 1 aromatic carbocycles. The number of hydrogen-bond donors (Lipinski definition) is 3. The fourth-order valence-electron chi connectivity index (χ4n) is 1.70. The first kappa shape index (κ1) is 17.3. The summed E-state index contributed by atoms with van der Waals surface area (Å²) in [6, 6.07) is 7.07. The van der Waals surface area contributed by atoms with E-state index < -0.39 is 5.91 Å². The molecule has 0 atom stereocenters. The Morgan fingerprint density at radius 2 is 1.91 bits per heavy atom. The molecule has 2 aromatic rings. The molecule has 0 saturated heterocycles. The molecular formula is C14H12Cl3N5O. The summed E-state index contributed by atoms with van der Waals surface area (Å²) in [5.41, 5.74) is 15.4. The molecule has 23 heavy (non-hydrogen) atoms. The molecule has 2 rings (SSSR count). The number of aromatic nitrogens is 1. The zero-order valence-corrected chi connectivity index (χ0v) is 14.2. The number of nitrogens with two attached hydrogens (primary N) is 2. The molecule has 0 saturated carbocycles. The first-order valence-corrected chi connectivity index (χ1v) is 7.45. The molecule has 0 aliphatic heterocycles. The highest BCUT2D eigenvalue weighted by Gasteiger charge is 2.19. The third kappa shape index (κ3) is 3.85. The second-order valence-electron chi connectivity index (χ2n) is 4.56. The maximum atomic E-state index is 12.1. The van der Waals surface area contributed by atoms with E-state index in [1.54, 1.807) is 25.1 Å². The first-order valence-electron chi connectivity index (χ1n) is 6.31. The Kier molecular flexibility index (Phi) is 5.30. The van der Waals surface area contributed by atoms with Crippen LogP contribution in [0.5, 0.6) is 0 Å². The average Bonchev–Trinajstić information content (AvgIpc) is 2.53. The zero-order valence-electron chi connectivity index (χ0n) is 11.9. The molecule has 1 heterocycles. The minimum atomic E-state index is -0.663. The van der Waals surface area contributed by atoms with Gasteiger partial charge in [-0.2, -0.15) is 5.10 Å². The van der Waals surface area contributed by atoms with Gasteiger partial charge >= 0.3 is 0 Å². The van der Waals surface area contributed by atoms with Crippen LogP contribution >= 0.6 is 34.8 Å². The summed E-state index contributed by atoms with van der Waals surface area (Å²) < 4.78 is 0. The van der Waals surface area contributed by atoms with Crippen LogP contribution in [-0.2, 0) is 0 Å². The normalized spacial score (nSPS) is 11.4. The molecule has 0 bridgehead atoms. The van der Waals surface area contributed by atoms with Crippen molar-refractivity contribution >= 4 is 57.8 Å². The molecule has 0 unspecified atom stereocenters. The van der Waals surface area contributed by atoms with Crippen molar-refractivity contribution in [3.63, 3.8) is 0 Å². The van der Waals surface area contributed by atoms with E-state index in [2.05, 4.69) is 15.5 Å². The molecule has 0 aliphatic carbocycles. The van der Waals surface area contributed by atoms with Crippen LogP contribution in [-0.4, -0.2) is 16.6 Å². The summed E-state index contributed by atoms with van der Waals surface area (Å²) in [6.07, 6.45) is 0. The highest BCUT2D eigenvalue weighted by molar-refractivity contribution is 6.46. The summed E-state index contributed by atoms with van der Waals surface area (Å²) in [4.78, 5) is 16.0. The Hall–Kier alpha value is -2.02. The number of hydrogen-bond acceptors (Lipinski definition) is 5. The number of carbonyl (C=O) groups excluding carboxylic acids is 1. The number of anilines is 2. The number of rotatable bonds is 3. The van der Waals surface area contributed by atoms with Crippen LogP contribution in [0.4, 0.5) is 11.4 Å². The first-order chi connectivity index (χ1) is 10.8. The number of carbonyl (C=O) groups is 1. The second kappa shape index (κ2) is 7.04. The SMILES string of the molecule is C/C(=N/NC(=O)c1nc(Cl)c(Cl)c(N)c1Cl)c1cccc(N)c1. The molecular weight excluding hydrogens is 361 g/mol. The summed E-state index contributed by atoms with van der Waals surface area (Å²) in [5.74, 6) is -0.663. The Morgan fingerprint density at radius 1 is 1.22 bits per heavy atom. The van der Waals surface area contributed by atoms with Crippen LogP contribution in [0.15, 0.2) is 29.4 Å². The lowest BCUT2D eigenvalue weighted by Gasteiger charge is -2.08. The molecule has 120 valence electrons. The van der Waals surface area contributed by atoms with Crippen LogP contribution in [0.3, 0.4) is 0 Å². The zero-order chi connectivity index (χ0) is 17.1. The van der Waals surface area contributed by atoms with E-state index in [1.807, 2.05) is 6.07 Å². The van der Waals surface area contributed by atoms with E-state index in [9.17, 15) is 4.79 Å². The number of pyridine rings is 1. The third-order valence-corrected chi connectivity index (χ3v) is 4.05. The summed E-state index contributed by atoms with van der Waals surface area (Å²) in [6.45, 7) is 1.72. The van der Waals surface area contributed by atoms with E-state index >= 15 is 0 Å². The predicted octanol–water partition coefficient (Wildman–Crippen LogP) is 3.36. The number of amides is 1. The third-order valence-electron chi connectivity index (χ3n) is 2.92. The maximum absolute atomic E-state index is 12.1. The minimum Gasteiger partial charge on any atom is -0.399 e. The average molecular weight is 373 g/mol. The van der Waals surface area contributed by atoms with Crippen LogP contribution in [0.25, 0.3) is 0 Å². The van der Waals surface area contributed by atoms with Crippen LogP contribution in [0, 0.1) is 0 Å². The van der Waals surface area contributed by atoms with E-state index in [-0.39, 0.29) is 26.6 Å². The number of nitrogen functional groups attached to an aromatic ring is 2. The fraction of sp³-hybridized carbons (Fsp3) is 0.0714. The van der Waals surface area contributed by atoms with Gasteiger partial charge in [0.2, 0.25) is 0 Å². The second-order valence-corrected chi connectivity index (χ2v) is 5.67. The van der Waals surface area contributed by atoms with Crippen molar-refractivity contribution in [3.8, 4) is 0 Å². The number of nitrogens with one attached hydrogen (secondary N) is 1. The monoisotopic (exact) mass is 371 g/mol. The lowest BCUT2D eigenvalue weighted by atomic mass is 10.1. The maximum Gasteiger partial charge on any atom is 0.291 e. The standard InChI is InChI=1S/C14H12Cl3N5O/c1-6(7-3-2-4-8(18)5-7)21-22-14(23)12-9(15)11(19)10(16)13(17)20-12/h2-5H,18H2,1H3,(H2,19,20)(H,22,23)/b21-6-. The highest BCUT2D eigenvalue weighted by Crippen LogP contribution is 2.34. The van der Waals surface area contributed by atoms with E-state index in [0.717, 1.165) is 5.56 Å². The molecule has 0 spiro atoms. The molecule has 6 nitrogen and oxygen atoms in total. The largest absolute Gasteiger partial charge is 0.399 e. The molecule has 9 heteroatoms. The summed E-state index contributed by atoms with van der Waals surface area (Å²) in [7, 11) is 0. The molecule has 1 aromatic heterocycles. The van der Waals surface area contributed by atoms with E-state index in [0.29, 0.717) is 11.4 Å². The van der Waals surface area contributed by atoms with Gasteiger partial charge in [0.1, 0.15) is 5.02 Å². The van der Waals surface area contributed by atoms with Gasteiger partial charge in [-0.15, -0.1) is 0 Å². The van der Waals surface area contributed by atoms with Gasteiger partial charge in [0.05, 0.1) is 16.4 Å². The van der Waals surface area contributed by atoms with Crippen molar-refractivity contribution in [2.45, 2.75) is 6.92 Å². The van der Waals surface area contributed by atoms with Crippen molar-refractivity contribution in [2.75, 3.05) is 11.5 Å². The van der Waals surface area contributed by atoms with Gasteiger partial charge < -0.3 is 11.5 Å².